The van der Waals surface area contributed by atoms with Gasteiger partial charge in [-0.05, 0) is 29.2 Å². The summed E-state index contributed by atoms with van der Waals surface area (Å²) in [6.07, 6.45) is 0. The van der Waals surface area contributed by atoms with E-state index >= 15 is 0 Å². The fraction of sp³-hybridized carbons (Fsp3) is 0.250. The number of hydrogen-bond donors (Lipinski definition) is 1. The van der Waals surface area contributed by atoms with E-state index < -0.39 is 0 Å². The van der Waals surface area contributed by atoms with Crippen molar-refractivity contribution in [3.05, 3.63) is 35.9 Å². The number of hydrogen-bond acceptors (Lipinski definition) is 5. The molecule has 90 valence electrons. The van der Waals surface area contributed by atoms with Crippen molar-refractivity contribution in [1.82, 2.24) is 4.37 Å². The lowest BCUT2D eigenvalue weighted by Gasteiger charge is -2.16. The lowest BCUT2D eigenvalue weighted by atomic mass is 10.2. The average Bonchev–Trinajstić information content (AvgIpc) is 2.76. The van der Waals surface area contributed by atoms with Gasteiger partial charge in [0.05, 0.1) is 7.11 Å². The molecule has 2 N–H and O–H groups in total. The van der Waals surface area contributed by atoms with Gasteiger partial charge in [-0.25, -0.2) is 0 Å². The Hall–Kier alpha value is -1.75. The zero-order valence-corrected chi connectivity index (χ0v) is 10.7. The van der Waals surface area contributed by atoms with Crippen LogP contribution in [0.5, 0.6) is 5.75 Å². The third-order valence-electron chi connectivity index (χ3n) is 2.45. The minimum absolute atomic E-state index is 0.572. The van der Waals surface area contributed by atoms with Crippen molar-refractivity contribution in [2.75, 3.05) is 24.8 Å². The van der Waals surface area contributed by atoms with E-state index in [4.69, 9.17) is 10.5 Å². The van der Waals surface area contributed by atoms with Crippen molar-refractivity contribution in [2.45, 2.75) is 6.54 Å². The van der Waals surface area contributed by atoms with Crippen molar-refractivity contribution in [2.24, 2.45) is 0 Å². The molecule has 5 heteroatoms. The summed E-state index contributed by atoms with van der Waals surface area (Å²) < 4.78 is 9.26. The fourth-order valence-corrected chi connectivity index (χ4v) is 2.21. The van der Waals surface area contributed by atoms with Gasteiger partial charge in [-0.15, -0.1) is 0 Å². The molecule has 0 atom stereocenters. The Morgan fingerprint density at radius 2 is 2.24 bits per heavy atom. The number of nitrogens with two attached hydrogens (primary N) is 1. The third-order valence-corrected chi connectivity index (χ3v) is 3.36. The van der Waals surface area contributed by atoms with E-state index in [9.17, 15) is 0 Å². The second kappa shape index (κ2) is 5.05. The average molecular weight is 249 g/mol. The van der Waals surface area contributed by atoms with Crippen LogP contribution < -0.4 is 15.4 Å². The lowest BCUT2D eigenvalue weighted by Crippen LogP contribution is -2.14. The van der Waals surface area contributed by atoms with Crippen LogP contribution in [-0.2, 0) is 6.54 Å². The molecule has 1 aromatic carbocycles. The van der Waals surface area contributed by atoms with Crippen molar-refractivity contribution >= 4 is 22.4 Å². The van der Waals surface area contributed by atoms with E-state index in [1.165, 1.54) is 17.1 Å². The van der Waals surface area contributed by atoms with Crippen molar-refractivity contribution in [3.8, 4) is 5.75 Å². The molecule has 0 saturated heterocycles. The van der Waals surface area contributed by atoms with Gasteiger partial charge in [0.25, 0.3) is 0 Å². The normalized spacial score (nSPS) is 10.2. The first-order chi connectivity index (χ1) is 8.19. The number of ether oxygens (including phenoxy) is 1. The SMILES string of the molecule is COc1cccc(CN(C)c2cc(N)ns2)c1. The predicted molar refractivity (Wildman–Crippen MR) is 71.6 cm³/mol. The van der Waals surface area contributed by atoms with Crippen LogP contribution in [0.4, 0.5) is 10.8 Å². The van der Waals surface area contributed by atoms with E-state index in [2.05, 4.69) is 15.3 Å². The summed E-state index contributed by atoms with van der Waals surface area (Å²) in [5.41, 5.74) is 6.80. The second-order valence-electron chi connectivity index (χ2n) is 3.80. The maximum atomic E-state index is 5.61. The Labute approximate surface area is 105 Å². The topological polar surface area (TPSA) is 51.4 Å². The van der Waals surface area contributed by atoms with Gasteiger partial charge in [-0.3, -0.25) is 0 Å². The predicted octanol–water partition coefficient (Wildman–Crippen LogP) is 2.37. The number of aromatic nitrogens is 1. The minimum atomic E-state index is 0.572. The Morgan fingerprint density at radius 1 is 1.41 bits per heavy atom. The fourth-order valence-electron chi connectivity index (χ4n) is 1.58. The summed E-state index contributed by atoms with van der Waals surface area (Å²) >= 11 is 1.41. The number of rotatable bonds is 4. The Balaban J connectivity index is 2.09. The zero-order chi connectivity index (χ0) is 12.3. The van der Waals surface area contributed by atoms with Crippen LogP contribution in [-0.4, -0.2) is 18.5 Å². The zero-order valence-electron chi connectivity index (χ0n) is 9.88. The molecule has 0 aliphatic rings. The molecule has 0 fully saturated rings. The van der Waals surface area contributed by atoms with Gasteiger partial charge in [-0.2, -0.15) is 4.37 Å². The molecule has 0 radical (unpaired) electrons. The van der Waals surface area contributed by atoms with Crippen LogP contribution in [0.25, 0.3) is 0 Å². The molecule has 0 saturated carbocycles. The van der Waals surface area contributed by atoms with Crippen molar-refractivity contribution in [3.63, 3.8) is 0 Å². The monoisotopic (exact) mass is 249 g/mol. The number of nitrogen functional groups attached to an aromatic ring is 1. The summed E-state index contributed by atoms with van der Waals surface area (Å²) in [6.45, 7) is 0.804. The number of benzene rings is 1. The highest BCUT2D eigenvalue weighted by Crippen LogP contribution is 2.23. The van der Waals surface area contributed by atoms with E-state index in [0.29, 0.717) is 5.82 Å². The van der Waals surface area contributed by atoms with Gasteiger partial charge in [0.1, 0.15) is 16.6 Å². The Morgan fingerprint density at radius 3 is 2.88 bits per heavy atom. The molecule has 1 aromatic heterocycles. The van der Waals surface area contributed by atoms with E-state index in [1.807, 2.05) is 31.3 Å². The first-order valence-electron chi connectivity index (χ1n) is 5.25. The molecular formula is C12H15N3OS. The standard InChI is InChI=1S/C12H15N3OS/c1-15(12-7-11(13)14-17-12)8-9-4-3-5-10(6-9)16-2/h3-7H,8H2,1-2H3,(H2,13,14). The molecule has 0 spiro atoms. The maximum absolute atomic E-state index is 5.61. The Kier molecular flexibility index (Phi) is 3.49. The van der Waals surface area contributed by atoms with Crippen LogP contribution >= 0.6 is 11.5 Å². The van der Waals surface area contributed by atoms with Gasteiger partial charge >= 0.3 is 0 Å². The van der Waals surface area contributed by atoms with E-state index in [0.717, 1.165) is 17.3 Å². The first kappa shape index (κ1) is 11.7. The summed E-state index contributed by atoms with van der Waals surface area (Å²) in [5.74, 6) is 1.45. The van der Waals surface area contributed by atoms with Crippen molar-refractivity contribution in [1.29, 1.82) is 0 Å². The maximum Gasteiger partial charge on any atom is 0.139 e. The molecule has 2 aromatic rings. The quantitative estimate of drug-likeness (QED) is 0.903. The molecule has 0 unspecified atom stereocenters. The van der Waals surface area contributed by atoms with Crippen LogP contribution in [0.1, 0.15) is 5.56 Å². The summed E-state index contributed by atoms with van der Waals surface area (Å²) in [4.78, 5) is 2.11. The molecule has 0 amide bonds. The van der Waals surface area contributed by atoms with Gasteiger partial charge < -0.3 is 15.4 Å². The second-order valence-corrected chi connectivity index (χ2v) is 4.58. The Bertz CT molecular complexity index is 498. The number of methoxy groups -OCH3 is 1. The largest absolute Gasteiger partial charge is 0.497 e. The molecule has 2 rings (SSSR count). The number of nitrogens with zero attached hydrogens (tertiary/aromatic N) is 2. The first-order valence-corrected chi connectivity index (χ1v) is 6.02. The highest BCUT2D eigenvalue weighted by Gasteiger charge is 2.06. The van der Waals surface area contributed by atoms with Crippen molar-refractivity contribution < 1.29 is 4.74 Å². The number of anilines is 2. The molecule has 0 bridgehead atoms. The van der Waals surface area contributed by atoms with Gasteiger partial charge in [-0.1, -0.05) is 12.1 Å². The van der Waals surface area contributed by atoms with Crippen LogP contribution in [0.3, 0.4) is 0 Å². The van der Waals surface area contributed by atoms with Gasteiger partial charge in [0.2, 0.25) is 0 Å². The van der Waals surface area contributed by atoms with E-state index in [1.54, 1.807) is 7.11 Å². The third kappa shape index (κ3) is 2.88. The van der Waals surface area contributed by atoms with Crippen LogP contribution in [0.2, 0.25) is 0 Å². The molecule has 17 heavy (non-hydrogen) atoms. The molecule has 0 aliphatic heterocycles. The lowest BCUT2D eigenvalue weighted by molar-refractivity contribution is 0.414. The molecule has 1 heterocycles. The van der Waals surface area contributed by atoms with Gasteiger partial charge in [0, 0.05) is 19.7 Å². The van der Waals surface area contributed by atoms with E-state index in [-0.39, 0.29) is 0 Å². The summed E-state index contributed by atoms with van der Waals surface area (Å²) in [7, 11) is 3.69. The molecule has 0 aliphatic carbocycles. The molecular weight excluding hydrogens is 234 g/mol. The van der Waals surface area contributed by atoms with Crippen LogP contribution in [0, 0.1) is 0 Å². The highest BCUT2D eigenvalue weighted by molar-refractivity contribution is 7.10. The van der Waals surface area contributed by atoms with Crippen LogP contribution in [0.15, 0.2) is 30.3 Å². The highest BCUT2D eigenvalue weighted by atomic mass is 32.1. The molecule has 4 nitrogen and oxygen atoms in total. The summed E-state index contributed by atoms with van der Waals surface area (Å²) in [5, 5.41) is 1.06. The van der Waals surface area contributed by atoms with Gasteiger partial charge in [0.15, 0.2) is 0 Å². The summed E-state index contributed by atoms with van der Waals surface area (Å²) in [6, 6.07) is 9.91. The minimum Gasteiger partial charge on any atom is -0.497 e. The smallest absolute Gasteiger partial charge is 0.139 e.